The van der Waals surface area contributed by atoms with Crippen LogP contribution in [-0.4, -0.2) is 5.91 Å². The Bertz CT molecular complexity index is 318. The fourth-order valence-electron chi connectivity index (χ4n) is 1.22. The molecule has 1 rings (SSSR count). The summed E-state index contributed by atoms with van der Waals surface area (Å²) in [6.07, 6.45) is 0. The van der Waals surface area contributed by atoms with Crippen LogP contribution in [0.3, 0.4) is 0 Å². The van der Waals surface area contributed by atoms with Gasteiger partial charge in [-0.1, -0.05) is 43.7 Å². The molecule has 0 atom stereocenters. The van der Waals surface area contributed by atoms with E-state index in [1.807, 2.05) is 39.0 Å². The van der Waals surface area contributed by atoms with Gasteiger partial charge in [-0.2, -0.15) is 0 Å². The predicted octanol–water partition coefficient (Wildman–Crippen LogP) is 2.27. The van der Waals surface area contributed by atoms with Crippen molar-refractivity contribution in [2.45, 2.75) is 27.3 Å². The lowest BCUT2D eigenvalue weighted by Crippen LogP contribution is -2.27. The molecule has 0 radical (unpaired) electrons. The molecule has 76 valence electrons. The molecule has 0 aliphatic rings. The Morgan fingerprint density at radius 3 is 2.71 bits per heavy atom. The van der Waals surface area contributed by atoms with Crippen LogP contribution < -0.4 is 5.32 Å². The van der Waals surface area contributed by atoms with Crippen molar-refractivity contribution in [3.63, 3.8) is 0 Å². The Kier molecular flexibility index (Phi) is 3.69. The molecule has 0 saturated heterocycles. The maximum absolute atomic E-state index is 11.3. The normalized spacial score (nSPS) is 10.3. The zero-order chi connectivity index (χ0) is 10.6. The molecule has 0 aliphatic carbocycles. The lowest BCUT2D eigenvalue weighted by Gasteiger charge is -2.07. The van der Waals surface area contributed by atoms with E-state index in [4.69, 9.17) is 0 Å². The molecule has 1 N–H and O–H groups in total. The van der Waals surface area contributed by atoms with Gasteiger partial charge in [0.05, 0.1) is 0 Å². The highest BCUT2D eigenvalue weighted by Crippen LogP contribution is 2.03. The standard InChI is InChI=1S/C12H17NO/c1-9(2)12(14)13-8-11-6-4-5-10(3)7-11/h4-7,9H,8H2,1-3H3,(H,13,14). The van der Waals surface area contributed by atoms with Crippen LogP contribution in [0.4, 0.5) is 0 Å². The van der Waals surface area contributed by atoms with Gasteiger partial charge in [0.1, 0.15) is 0 Å². The number of aryl methyl sites for hydroxylation is 1. The molecule has 0 saturated carbocycles. The highest BCUT2D eigenvalue weighted by atomic mass is 16.1. The van der Waals surface area contributed by atoms with E-state index in [0.717, 1.165) is 5.56 Å². The molecule has 2 heteroatoms. The monoisotopic (exact) mass is 191 g/mol. The SMILES string of the molecule is Cc1cccc(CNC(=O)C(C)C)c1. The highest BCUT2D eigenvalue weighted by molar-refractivity contribution is 5.77. The minimum Gasteiger partial charge on any atom is -0.352 e. The molecule has 0 bridgehead atoms. The van der Waals surface area contributed by atoms with E-state index in [0.29, 0.717) is 6.54 Å². The lowest BCUT2D eigenvalue weighted by molar-refractivity contribution is -0.124. The first kappa shape index (κ1) is 10.8. The maximum Gasteiger partial charge on any atom is 0.222 e. The zero-order valence-corrected chi connectivity index (χ0v) is 9.00. The third-order valence-corrected chi connectivity index (χ3v) is 2.07. The Hall–Kier alpha value is -1.31. The minimum atomic E-state index is 0.0554. The van der Waals surface area contributed by atoms with Crippen LogP contribution in [0.15, 0.2) is 24.3 Å². The minimum absolute atomic E-state index is 0.0554. The highest BCUT2D eigenvalue weighted by Gasteiger charge is 2.05. The quantitative estimate of drug-likeness (QED) is 0.780. The largest absolute Gasteiger partial charge is 0.352 e. The summed E-state index contributed by atoms with van der Waals surface area (Å²) >= 11 is 0. The molecule has 0 aromatic heterocycles. The van der Waals surface area contributed by atoms with Crippen molar-refractivity contribution >= 4 is 5.91 Å². The predicted molar refractivity (Wildman–Crippen MR) is 57.9 cm³/mol. The van der Waals surface area contributed by atoms with Crippen molar-refractivity contribution in [3.05, 3.63) is 35.4 Å². The van der Waals surface area contributed by atoms with Crippen molar-refractivity contribution in [1.82, 2.24) is 5.32 Å². The summed E-state index contributed by atoms with van der Waals surface area (Å²) < 4.78 is 0. The number of carbonyl (C=O) groups is 1. The van der Waals surface area contributed by atoms with Gasteiger partial charge in [0.15, 0.2) is 0 Å². The van der Waals surface area contributed by atoms with Crippen molar-refractivity contribution in [2.75, 3.05) is 0 Å². The molecule has 2 nitrogen and oxygen atoms in total. The lowest BCUT2D eigenvalue weighted by atomic mass is 10.1. The second-order valence-electron chi connectivity index (χ2n) is 3.86. The average molecular weight is 191 g/mol. The molecule has 1 amide bonds. The Morgan fingerprint density at radius 2 is 2.14 bits per heavy atom. The average Bonchev–Trinajstić information content (AvgIpc) is 2.14. The molecule has 14 heavy (non-hydrogen) atoms. The summed E-state index contributed by atoms with van der Waals surface area (Å²) in [6, 6.07) is 8.16. The Morgan fingerprint density at radius 1 is 1.43 bits per heavy atom. The summed E-state index contributed by atoms with van der Waals surface area (Å²) in [7, 11) is 0. The van der Waals surface area contributed by atoms with Gasteiger partial charge in [-0.3, -0.25) is 4.79 Å². The van der Waals surface area contributed by atoms with Crippen LogP contribution >= 0.6 is 0 Å². The third-order valence-electron chi connectivity index (χ3n) is 2.07. The summed E-state index contributed by atoms with van der Waals surface area (Å²) in [5.41, 5.74) is 2.38. The van der Waals surface area contributed by atoms with Crippen LogP contribution in [-0.2, 0) is 11.3 Å². The van der Waals surface area contributed by atoms with E-state index < -0.39 is 0 Å². The Labute approximate surface area is 85.3 Å². The number of carbonyl (C=O) groups excluding carboxylic acids is 1. The summed E-state index contributed by atoms with van der Waals surface area (Å²) in [5, 5.41) is 2.89. The van der Waals surface area contributed by atoms with Crippen LogP contribution in [0.25, 0.3) is 0 Å². The number of rotatable bonds is 3. The first-order chi connectivity index (χ1) is 6.59. The molecular formula is C12H17NO. The number of hydrogen-bond donors (Lipinski definition) is 1. The van der Waals surface area contributed by atoms with E-state index in [1.165, 1.54) is 5.56 Å². The first-order valence-corrected chi connectivity index (χ1v) is 4.93. The van der Waals surface area contributed by atoms with Gasteiger partial charge in [-0.25, -0.2) is 0 Å². The molecule has 0 unspecified atom stereocenters. The smallest absolute Gasteiger partial charge is 0.222 e. The maximum atomic E-state index is 11.3. The van der Waals surface area contributed by atoms with E-state index in [9.17, 15) is 4.79 Å². The number of amides is 1. The summed E-state index contributed by atoms with van der Waals surface area (Å²) in [4.78, 5) is 11.3. The topological polar surface area (TPSA) is 29.1 Å². The third kappa shape index (κ3) is 3.21. The fraction of sp³-hybridized carbons (Fsp3) is 0.417. The second kappa shape index (κ2) is 4.80. The van der Waals surface area contributed by atoms with Crippen LogP contribution in [0.2, 0.25) is 0 Å². The number of nitrogens with one attached hydrogen (secondary N) is 1. The van der Waals surface area contributed by atoms with E-state index in [-0.39, 0.29) is 11.8 Å². The molecule has 0 spiro atoms. The van der Waals surface area contributed by atoms with E-state index >= 15 is 0 Å². The molecule has 0 heterocycles. The summed E-state index contributed by atoms with van der Waals surface area (Å²) in [6.45, 7) is 6.46. The first-order valence-electron chi connectivity index (χ1n) is 4.93. The van der Waals surface area contributed by atoms with Crippen LogP contribution in [0, 0.1) is 12.8 Å². The van der Waals surface area contributed by atoms with E-state index in [2.05, 4.69) is 11.4 Å². The molecular weight excluding hydrogens is 174 g/mol. The second-order valence-corrected chi connectivity index (χ2v) is 3.86. The van der Waals surface area contributed by atoms with E-state index in [1.54, 1.807) is 0 Å². The van der Waals surface area contributed by atoms with Gasteiger partial charge < -0.3 is 5.32 Å². The van der Waals surface area contributed by atoms with Gasteiger partial charge in [-0.15, -0.1) is 0 Å². The molecule has 0 fully saturated rings. The number of hydrogen-bond acceptors (Lipinski definition) is 1. The van der Waals surface area contributed by atoms with Crippen molar-refractivity contribution in [2.24, 2.45) is 5.92 Å². The van der Waals surface area contributed by atoms with Crippen molar-refractivity contribution < 1.29 is 4.79 Å². The number of benzene rings is 1. The van der Waals surface area contributed by atoms with Gasteiger partial charge in [0.2, 0.25) is 5.91 Å². The van der Waals surface area contributed by atoms with Crippen molar-refractivity contribution in [3.8, 4) is 0 Å². The Balaban J connectivity index is 2.50. The van der Waals surface area contributed by atoms with Crippen molar-refractivity contribution in [1.29, 1.82) is 0 Å². The van der Waals surface area contributed by atoms with Gasteiger partial charge in [0, 0.05) is 12.5 Å². The molecule has 1 aromatic carbocycles. The van der Waals surface area contributed by atoms with Crippen LogP contribution in [0.1, 0.15) is 25.0 Å². The molecule has 0 aliphatic heterocycles. The van der Waals surface area contributed by atoms with Gasteiger partial charge in [0.25, 0.3) is 0 Å². The molecule has 1 aromatic rings. The zero-order valence-electron chi connectivity index (χ0n) is 9.00. The summed E-state index contributed by atoms with van der Waals surface area (Å²) in [5.74, 6) is 0.159. The van der Waals surface area contributed by atoms with Gasteiger partial charge >= 0.3 is 0 Å². The fourth-order valence-corrected chi connectivity index (χ4v) is 1.22. The van der Waals surface area contributed by atoms with Crippen LogP contribution in [0.5, 0.6) is 0 Å². The van der Waals surface area contributed by atoms with Gasteiger partial charge in [-0.05, 0) is 12.5 Å².